The van der Waals surface area contributed by atoms with E-state index in [2.05, 4.69) is 16.9 Å². The summed E-state index contributed by atoms with van der Waals surface area (Å²) in [6.07, 6.45) is 5.52. The van der Waals surface area contributed by atoms with E-state index in [0.717, 1.165) is 11.4 Å². The van der Waals surface area contributed by atoms with Crippen LogP contribution < -0.4 is 5.32 Å². The predicted molar refractivity (Wildman–Crippen MR) is 48.3 cm³/mol. The number of nitrogens with zero attached hydrogens (tertiary/aromatic N) is 1. The van der Waals surface area contributed by atoms with E-state index in [0.29, 0.717) is 0 Å². The molecule has 0 spiro atoms. The van der Waals surface area contributed by atoms with E-state index in [1.807, 2.05) is 26.1 Å². The number of allylic oxidation sites excluding steroid dienone is 1. The highest BCUT2D eigenvalue weighted by atomic mass is 15.0. The summed E-state index contributed by atoms with van der Waals surface area (Å²) in [5.74, 6) is 0.889. The summed E-state index contributed by atoms with van der Waals surface area (Å²) in [7, 11) is 0. The zero-order valence-electron chi connectivity index (χ0n) is 6.89. The Balaban J connectivity index is 2.94. The van der Waals surface area contributed by atoms with Gasteiger partial charge in [0, 0.05) is 18.0 Å². The molecular weight excluding hydrogens is 136 g/mol. The summed E-state index contributed by atoms with van der Waals surface area (Å²) >= 11 is 0. The molecule has 0 aliphatic carbocycles. The van der Waals surface area contributed by atoms with Gasteiger partial charge in [0.15, 0.2) is 0 Å². The second-order valence-corrected chi connectivity index (χ2v) is 2.33. The number of aliphatic imine (C=N–C) groups is 1. The fraction of sp³-hybridized carbons (Fsp3) is 0.222. The van der Waals surface area contributed by atoms with Gasteiger partial charge < -0.3 is 5.32 Å². The fourth-order valence-corrected chi connectivity index (χ4v) is 1.08. The zero-order valence-corrected chi connectivity index (χ0v) is 6.89. The van der Waals surface area contributed by atoms with Crippen molar-refractivity contribution in [3.8, 4) is 0 Å². The van der Waals surface area contributed by atoms with Gasteiger partial charge >= 0.3 is 0 Å². The van der Waals surface area contributed by atoms with E-state index in [1.54, 1.807) is 0 Å². The Labute approximate surface area is 67.0 Å². The monoisotopic (exact) mass is 148 g/mol. The van der Waals surface area contributed by atoms with E-state index in [1.165, 1.54) is 11.8 Å². The first-order valence-electron chi connectivity index (χ1n) is 3.58. The van der Waals surface area contributed by atoms with Gasteiger partial charge in [0.25, 0.3) is 0 Å². The summed E-state index contributed by atoms with van der Waals surface area (Å²) < 4.78 is 0. The summed E-state index contributed by atoms with van der Waals surface area (Å²) in [4.78, 5) is 4.08. The molecule has 1 rings (SSSR count). The average molecular weight is 148 g/mol. The van der Waals surface area contributed by atoms with Crippen LogP contribution in [0.15, 0.2) is 41.2 Å². The van der Waals surface area contributed by atoms with E-state index in [-0.39, 0.29) is 0 Å². The molecule has 1 N–H and O–H groups in total. The van der Waals surface area contributed by atoms with Crippen LogP contribution in [0.2, 0.25) is 0 Å². The van der Waals surface area contributed by atoms with Gasteiger partial charge in [0.05, 0.1) is 0 Å². The Morgan fingerprint density at radius 2 is 2.36 bits per heavy atom. The number of hydrogen-bond acceptors (Lipinski definition) is 1. The van der Waals surface area contributed by atoms with Gasteiger partial charge in [-0.05, 0) is 19.4 Å². The van der Waals surface area contributed by atoms with E-state index in [4.69, 9.17) is 0 Å². The Morgan fingerprint density at radius 3 is 2.91 bits per heavy atom. The minimum atomic E-state index is 0.889. The first-order chi connectivity index (χ1) is 5.29. The van der Waals surface area contributed by atoms with Crippen molar-refractivity contribution in [1.82, 2.24) is 5.32 Å². The predicted octanol–water partition coefficient (Wildman–Crippen LogP) is 1.98. The van der Waals surface area contributed by atoms with Gasteiger partial charge in [0.2, 0.25) is 0 Å². The molecule has 0 bridgehead atoms. The van der Waals surface area contributed by atoms with Crippen molar-refractivity contribution in [1.29, 1.82) is 0 Å². The third-order valence-corrected chi connectivity index (χ3v) is 1.61. The number of rotatable bonds is 1. The van der Waals surface area contributed by atoms with Crippen molar-refractivity contribution in [2.75, 3.05) is 0 Å². The van der Waals surface area contributed by atoms with Gasteiger partial charge in [-0.25, -0.2) is 4.99 Å². The van der Waals surface area contributed by atoms with Crippen molar-refractivity contribution in [2.45, 2.75) is 13.8 Å². The molecule has 0 aromatic heterocycles. The molecule has 0 radical (unpaired) electrons. The van der Waals surface area contributed by atoms with Crippen LogP contribution in [0.1, 0.15) is 13.8 Å². The van der Waals surface area contributed by atoms with Crippen LogP contribution in [0.25, 0.3) is 0 Å². The van der Waals surface area contributed by atoms with Crippen molar-refractivity contribution < 1.29 is 0 Å². The Bertz CT molecular complexity index is 257. The number of hydrogen-bond donors (Lipinski definition) is 1. The second kappa shape index (κ2) is 3.19. The topological polar surface area (TPSA) is 24.4 Å². The lowest BCUT2D eigenvalue weighted by atomic mass is 10.1. The highest BCUT2D eigenvalue weighted by Crippen LogP contribution is 2.14. The Kier molecular flexibility index (Phi) is 2.26. The molecule has 58 valence electrons. The number of nitrogens with one attached hydrogen (secondary N) is 1. The Hall–Kier alpha value is -1.31. The molecule has 0 atom stereocenters. The van der Waals surface area contributed by atoms with Gasteiger partial charge in [0.1, 0.15) is 5.84 Å². The Morgan fingerprint density at radius 1 is 1.64 bits per heavy atom. The second-order valence-electron chi connectivity index (χ2n) is 2.33. The maximum Gasteiger partial charge on any atom is 0.137 e. The fourth-order valence-electron chi connectivity index (χ4n) is 1.08. The molecule has 11 heavy (non-hydrogen) atoms. The molecule has 1 aliphatic rings. The minimum absolute atomic E-state index is 0.889. The van der Waals surface area contributed by atoms with Crippen LogP contribution in [0.3, 0.4) is 0 Å². The van der Waals surface area contributed by atoms with Gasteiger partial charge in [-0.3, -0.25) is 0 Å². The van der Waals surface area contributed by atoms with Crippen LogP contribution in [0.4, 0.5) is 0 Å². The maximum absolute atomic E-state index is 4.08. The molecule has 0 aromatic carbocycles. The van der Waals surface area contributed by atoms with E-state index in [9.17, 15) is 0 Å². The standard InChI is InChI=1S/C9H12N2/c1-4-8-7(3)6-11-9(8)10-5-2/h4-6H,2H2,1,3H3,(H,10,11)/b8-4-. The lowest BCUT2D eigenvalue weighted by Crippen LogP contribution is -2.12. The SMILES string of the molecule is C=C/N=C1/NC=C(C)/C1=C/C. The van der Waals surface area contributed by atoms with Crippen molar-refractivity contribution in [2.24, 2.45) is 4.99 Å². The lowest BCUT2D eigenvalue weighted by Gasteiger charge is -1.98. The van der Waals surface area contributed by atoms with Gasteiger partial charge in [-0.15, -0.1) is 0 Å². The first-order valence-corrected chi connectivity index (χ1v) is 3.58. The van der Waals surface area contributed by atoms with Gasteiger partial charge in [-0.2, -0.15) is 0 Å². The van der Waals surface area contributed by atoms with E-state index < -0.39 is 0 Å². The molecular formula is C9H12N2. The minimum Gasteiger partial charge on any atom is -0.346 e. The third kappa shape index (κ3) is 1.40. The summed E-state index contributed by atoms with van der Waals surface area (Å²) in [6, 6.07) is 0. The molecule has 0 fully saturated rings. The molecule has 0 unspecified atom stereocenters. The largest absolute Gasteiger partial charge is 0.346 e. The van der Waals surface area contributed by atoms with Crippen LogP contribution >= 0.6 is 0 Å². The van der Waals surface area contributed by atoms with Crippen molar-refractivity contribution in [3.05, 3.63) is 36.2 Å². The highest BCUT2D eigenvalue weighted by molar-refractivity contribution is 6.05. The van der Waals surface area contributed by atoms with Crippen LogP contribution in [0, 0.1) is 0 Å². The first kappa shape index (κ1) is 7.79. The zero-order chi connectivity index (χ0) is 8.27. The van der Waals surface area contributed by atoms with E-state index >= 15 is 0 Å². The van der Waals surface area contributed by atoms with Crippen LogP contribution in [0.5, 0.6) is 0 Å². The van der Waals surface area contributed by atoms with Crippen molar-refractivity contribution >= 4 is 5.84 Å². The smallest absolute Gasteiger partial charge is 0.137 e. The molecule has 2 nitrogen and oxygen atoms in total. The maximum atomic E-state index is 4.08. The molecule has 0 saturated carbocycles. The summed E-state index contributed by atoms with van der Waals surface area (Å²) in [5.41, 5.74) is 2.37. The summed E-state index contributed by atoms with van der Waals surface area (Å²) in [5, 5.41) is 3.06. The normalized spacial score (nSPS) is 23.6. The third-order valence-electron chi connectivity index (χ3n) is 1.61. The van der Waals surface area contributed by atoms with Gasteiger partial charge in [-0.1, -0.05) is 12.7 Å². The van der Waals surface area contributed by atoms with Crippen LogP contribution in [-0.4, -0.2) is 5.84 Å². The lowest BCUT2D eigenvalue weighted by molar-refractivity contribution is 1.29. The highest BCUT2D eigenvalue weighted by Gasteiger charge is 2.12. The molecule has 1 aliphatic heterocycles. The molecule has 2 heteroatoms. The quantitative estimate of drug-likeness (QED) is 0.604. The molecule has 0 amide bonds. The molecule has 0 saturated heterocycles. The average Bonchev–Trinajstić information content (AvgIpc) is 2.33. The molecule has 1 heterocycles. The van der Waals surface area contributed by atoms with Crippen LogP contribution in [-0.2, 0) is 0 Å². The summed E-state index contributed by atoms with van der Waals surface area (Å²) in [6.45, 7) is 7.59. The number of amidine groups is 1. The van der Waals surface area contributed by atoms with Crippen molar-refractivity contribution in [3.63, 3.8) is 0 Å². The molecule has 0 aromatic rings.